The Kier molecular flexibility index (Phi) is 4.42. The smallest absolute Gasteiger partial charge is 0.225 e. The lowest BCUT2D eigenvalue weighted by molar-refractivity contribution is -0.120. The van der Waals surface area contributed by atoms with Gasteiger partial charge in [0.25, 0.3) is 0 Å². The summed E-state index contributed by atoms with van der Waals surface area (Å²) in [6.45, 7) is 2.32. The van der Waals surface area contributed by atoms with Crippen molar-refractivity contribution in [1.82, 2.24) is 10.3 Å². The van der Waals surface area contributed by atoms with Crippen LogP contribution in [0.15, 0.2) is 0 Å². The van der Waals surface area contributed by atoms with Gasteiger partial charge in [-0.3, -0.25) is 4.79 Å². The molecule has 0 aliphatic carbocycles. The third-order valence-corrected chi connectivity index (χ3v) is 6.33. The number of H-pyrrole nitrogens is 1. The van der Waals surface area contributed by atoms with E-state index in [2.05, 4.69) is 10.3 Å². The fourth-order valence-electron chi connectivity index (χ4n) is 2.10. The van der Waals surface area contributed by atoms with Gasteiger partial charge in [-0.1, -0.05) is 0 Å². The zero-order valence-electron chi connectivity index (χ0n) is 10.6. The fraction of sp³-hybridized carbons (Fsp3) is 0.636. The van der Waals surface area contributed by atoms with Crippen molar-refractivity contribution in [3.63, 3.8) is 0 Å². The molecule has 1 aliphatic heterocycles. The number of hydrogen-bond acceptors (Lipinski definition) is 5. The average molecular weight is 320 g/mol. The molecule has 0 saturated carbocycles. The Morgan fingerprint density at radius 2 is 2.32 bits per heavy atom. The van der Waals surface area contributed by atoms with E-state index < -0.39 is 9.84 Å². The van der Waals surface area contributed by atoms with E-state index in [4.69, 9.17) is 12.2 Å². The topological polar surface area (TPSA) is 79.0 Å². The first-order valence-electron chi connectivity index (χ1n) is 6.01. The van der Waals surface area contributed by atoms with Crippen LogP contribution in [0, 0.1) is 16.8 Å². The molecule has 0 bridgehead atoms. The number of aryl methyl sites for hydroxylation is 1. The van der Waals surface area contributed by atoms with Crippen LogP contribution >= 0.6 is 23.6 Å². The Hall–Kier alpha value is -0.730. The van der Waals surface area contributed by atoms with Crippen molar-refractivity contribution in [2.75, 3.05) is 18.1 Å². The molecule has 8 heteroatoms. The van der Waals surface area contributed by atoms with Crippen molar-refractivity contribution < 1.29 is 13.2 Å². The summed E-state index contributed by atoms with van der Waals surface area (Å²) in [7, 11) is -2.87. The SMILES string of the molecule is Cc1[nH]c(=S)sc1CC(=O)NCC1CCS(=O)(=O)C1. The van der Waals surface area contributed by atoms with E-state index in [0.29, 0.717) is 23.3 Å². The lowest BCUT2D eigenvalue weighted by atomic mass is 10.1. The van der Waals surface area contributed by atoms with Crippen molar-refractivity contribution in [2.45, 2.75) is 19.8 Å². The molecule has 0 aromatic carbocycles. The van der Waals surface area contributed by atoms with Crippen molar-refractivity contribution in [3.8, 4) is 0 Å². The summed E-state index contributed by atoms with van der Waals surface area (Å²) in [4.78, 5) is 15.7. The number of nitrogens with one attached hydrogen (secondary N) is 2. The Morgan fingerprint density at radius 1 is 1.58 bits per heavy atom. The van der Waals surface area contributed by atoms with E-state index in [1.54, 1.807) is 0 Å². The predicted molar refractivity (Wildman–Crippen MR) is 77.7 cm³/mol. The third kappa shape index (κ3) is 4.12. The maximum atomic E-state index is 11.8. The van der Waals surface area contributed by atoms with Crippen LogP contribution in [-0.2, 0) is 21.1 Å². The maximum absolute atomic E-state index is 11.8. The highest BCUT2D eigenvalue weighted by Gasteiger charge is 2.27. The molecule has 106 valence electrons. The van der Waals surface area contributed by atoms with E-state index in [-0.39, 0.29) is 23.3 Å². The molecule has 2 rings (SSSR count). The van der Waals surface area contributed by atoms with Crippen molar-refractivity contribution in [1.29, 1.82) is 0 Å². The van der Waals surface area contributed by atoms with Crippen molar-refractivity contribution in [2.24, 2.45) is 5.92 Å². The molecule has 1 aliphatic rings. The summed E-state index contributed by atoms with van der Waals surface area (Å²) in [5, 5.41) is 2.80. The standard InChI is InChI=1S/C11H16N2O3S3/c1-7-9(18-11(17)13-7)4-10(14)12-5-8-2-3-19(15,16)6-8/h8H,2-6H2,1H3,(H,12,14)(H,13,17). The minimum absolute atomic E-state index is 0.0551. The molecule has 1 unspecified atom stereocenters. The molecule has 0 radical (unpaired) electrons. The number of hydrogen-bond donors (Lipinski definition) is 2. The van der Waals surface area contributed by atoms with E-state index >= 15 is 0 Å². The van der Waals surface area contributed by atoms with Gasteiger partial charge in [-0.05, 0) is 31.5 Å². The Bertz CT molecular complexity index is 630. The second-order valence-corrected chi connectivity index (χ2v) is 8.81. The first-order chi connectivity index (χ1) is 8.85. The average Bonchev–Trinajstić information content (AvgIpc) is 2.79. The Balaban J connectivity index is 1.82. The van der Waals surface area contributed by atoms with Gasteiger partial charge in [-0.2, -0.15) is 0 Å². The molecule has 1 fully saturated rings. The summed E-state index contributed by atoms with van der Waals surface area (Å²) >= 11 is 6.42. The van der Waals surface area contributed by atoms with Gasteiger partial charge in [0.15, 0.2) is 13.8 Å². The highest BCUT2D eigenvalue weighted by atomic mass is 32.2. The minimum Gasteiger partial charge on any atom is -0.355 e. The second-order valence-electron chi connectivity index (χ2n) is 4.81. The van der Waals surface area contributed by atoms with Crippen LogP contribution in [0.4, 0.5) is 0 Å². The summed E-state index contributed by atoms with van der Waals surface area (Å²) in [5.74, 6) is 0.401. The summed E-state index contributed by atoms with van der Waals surface area (Å²) in [5.41, 5.74) is 0.925. The lowest BCUT2D eigenvalue weighted by Gasteiger charge is -2.09. The van der Waals surface area contributed by atoms with Crippen molar-refractivity contribution in [3.05, 3.63) is 14.5 Å². The van der Waals surface area contributed by atoms with Crippen molar-refractivity contribution >= 4 is 39.3 Å². The molecule has 1 aromatic rings. The molecule has 19 heavy (non-hydrogen) atoms. The number of amides is 1. The molecule has 1 atom stereocenters. The highest BCUT2D eigenvalue weighted by Crippen LogP contribution is 2.18. The fourth-order valence-corrected chi connectivity index (χ4v) is 5.26. The van der Waals surface area contributed by atoms with Crippen LogP contribution in [-0.4, -0.2) is 37.4 Å². The number of aromatic nitrogens is 1. The molecule has 1 aromatic heterocycles. The van der Waals surface area contributed by atoms with Crippen LogP contribution in [0.2, 0.25) is 0 Å². The molecule has 1 amide bonds. The van der Waals surface area contributed by atoms with Gasteiger partial charge < -0.3 is 10.3 Å². The summed E-state index contributed by atoms with van der Waals surface area (Å²) in [6, 6.07) is 0. The largest absolute Gasteiger partial charge is 0.355 e. The van der Waals surface area contributed by atoms with Crippen LogP contribution < -0.4 is 5.32 Å². The number of aromatic amines is 1. The number of sulfone groups is 1. The second kappa shape index (κ2) is 5.72. The lowest BCUT2D eigenvalue weighted by Crippen LogP contribution is -2.30. The first-order valence-corrected chi connectivity index (χ1v) is 9.06. The van der Waals surface area contributed by atoms with Gasteiger partial charge >= 0.3 is 0 Å². The normalized spacial score (nSPS) is 21.4. The van der Waals surface area contributed by atoms with Gasteiger partial charge in [-0.25, -0.2) is 8.42 Å². The monoisotopic (exact) mass is 320 g/mol. The zero-order chi connectivity index (χ0) is 14.0. The maximum Gasteiger partial charge on any atom is 0.225 e. The first kappa shape index (κ1) is 14.7. The molecule has 5 nitrogen and oxygen atoms in total. The molecule has 0 spiro atoms. The third-order valence-electron chi connectivity index (χ3n) is 3.16. The number of carbonyl (C=O) groups excluding carboxylic acids is 1. The van der Waals surface area contributed by atoms with Gasteiger partial charge in [-0.15, -0.1) is 11.3 Å². The van der Waals surface area contributed by atoms with Gasteiger partial charge in [0, 0.05) is 17.1 Å². The van der Waals surface area contributed by atoms with Crippen LogP contribution in [0.3, 0.4) is 0 Å². The van der Waals surface area contributed by atoms with Gasteiger partial charge in [0.05, 0.1) is 17.9 Å². The summed E-state index contributed by atoms with van der Waals surface area (Å²) < 4.78 is 23.3. The van der Waals surface area contributed by atoms with Crippen LogP contribution in [0.1, 0.15) is 17.0 Å². The number of carbonyl (C=O) groups is 1. The van der Waals surface area contributed by atoms with E-state index in [9.17, 15) is 13.2 Å². The Morgan fingerprint density at radius 3 is 2.84 bits per heavy atom. The molecular weight excluding hydrogens is 304 g/mol. The molecule has 2 N–H and O–H groups in total. The van der Waals surface area contributed by atoms with E-state index in [1.807, 2.05) is 6.92 Å². The zero-order valence-corrected chi connectivity index (χ0v) is 13.0. The van der Waals surface area contributed by atoms with E-state index in [1.165, 1.54) is 11.3 Å². The Labute approximate surface area is 121 Å². The number of thiazole rings is 1. The molecule has 1 saturated heterocycles. The van der Waals surface area contributed by atoms with Gasteiger partial charge in [0.2, 0.25) is 5.91 Å². The molecule has 2 heterocycles. The molecular formula is C11H16N2O3S3. The predicted octanol–water partition coefficient (Wildman–Crippen LogP) is 1.21. The minimum atomic E-state index is -2.87. The highest BCUT2D eigenvalue weighted by molar-refractivity contribution is 7.91. The van der Waals surface area contributed by atoms with E-state index in [0.717, 1.165) is 10.6 Å². The van der Waals surface area contributed by atoms with Crippen LogP contribution in [0.5, 0.6) is 0 Å². The van der Waals surface area contributed by atoms with Gasteiger partial charge in [0.1, 0.15) is 0 Å². The summed E-state index contributed by atoms with van der Waals surface area (Å²) in [6.07, 6.45) is 0.938. The number of rotatable bonds is 4. The quantitative estimate of drug-likeness (QED) is 0.817. The van der Waals surface area contributed by atoms with Crippen LogP contribution in [0.25, 0.3) is 0 Å².